The lowest BCUT2D eigenvalue weighted by molar-refractivity contribution is -0.143. The summed E-state index contributed by atoms with van der Waals surface area (Å²) >= 11 is 9.27. The number of hydrogen-bond donors (Lipinski definition) is 0. The highest BCUT2D eigenvalue weighted by molar-refractivity contribution is 9.10. The highest BCUT2D eigenvalue weighted by Gasteiger charge is 2.51. The lowest BCUT2D eigenvalue weighted by atomic mass is 9.96. The van der Waals surface area contributed by atoms with Gasteiger partial charge in [0.1, 0.15) is 11.3 Å². The molecule has 1 aromatic carbocycles. The number of halogens is 8. The number of pyridine rings is 1. The molecule has 0 aliphatic carbocycles. The van der Waals surface area contributed by atoms with Crippen molar-refractivity contribution in [1.82, 2.24) is 9.88 Å². The number of aromatic nitrogens is 1. The molecule has 4 rings (SSSR count). The van der Waals surface area contributed by atoms with E-state index < -0.39 is 47.8 Å². The first-order chi connectivity index (χ1) is 14.4. The average molecular weight is 530 g/mol. The summed E-state index contributed by atoms with van der Waals surface area (Å²) in [5, 5.41) is 0.179. The molecule has 0 spiro atoms. The minimum atomic E-state index is -4.99. The lowest BCUT2D eigenvalue weighted by Gasteiger charge is -2.24. The van der Waals surface area contributed by atoms with Crippen LogP contribution < -0.4 is 0 Å². The standard InChI is InChI=1S/C19H12BrClF6N2O2/c20-12-7-28-15(21)6-11(12)13-1-2-14-16(31-17(30)29(13)14)8-3-9(18(22,23)24)5-10(4-8)19(25,26)27/h3-7,13-14,16H,1-2H2. The molecular weight excluding hydrogens is 518 g/mol. The van der Waals surface area contributed by atoms with Gasteiger partial charge in [0.15, 0.2) is 0 Å². The van der Waals surface area contributed by atoms with E-state index in [4.69, 9.17) is 16.3 Å². The summed E-state index contributed by atoms with van der Waals surface area (Å²) < 4.78 is 85.2. The van der Waals surface area contributed by atoms with Crippen LogP contribution in [0, 0.1) is 0 Å². The molecular formula is C19H12BrClF6N2O2. The molecule has 1 amide bonds. The van der Waals surface area contributed by atoms with Gasteiger partial charge in [0.25, 0.3) is 0 Å². The van der Waals surface area contributed by atoms with Crippen LogP contribution in [-0.2, 0) is 17.1 Å². The first-order valence-corrected chi connectivity index (χ1v) is 10.1. The highest BCUT2D eigenvalue weighted by atomic mass is 79.9. The van der Waals surface area contributed by atoms with Gasteiger partial charge in [0.2, 0.25) is 0 Å². The fourth-order valence-electron chi connectivity index (χ4n) is 4.07. The minimum Gasteiger partial charge on any atom is -0.439 e. The molecule has 1 aromatic heterocycles. The van der Waals surface area contributed by atoms with Crippen molar-refractivity contribution in [3.63, 3.8) is 0 Å². The Morgan fingerprint density at radius 2 is 1.65 bits per heavy atom. The SMILES string of the molecule is O=C1OC(c2cc(C(F)(F)F)cc(C(F)(F)F)c2)C2CCC(c3cc(Cl)ncc3Br)N12. The van der Waals surface area contributed by atoms with Crippen LogP contribution in [0.25, 0.3) is 0 Å². The van der Waals surface area contributed by atoms with Gasteiger partial charge in [0, 0.05) is 10.7 Å². The lowest BCUT2D eigenvalue weighted by Crippen LogP contribution is -2.30. The van der Waals surface area contributed by atoms with Gasteiger partial charge in [-0.1, -0.05) is 11.6 Å². The molecule has 4 nitrogen and oxygen atoms in total. The Morgan fingerprint density at radius 1 is 1.03 bits per heavy atom. The largest absolute Gasteiger partial charge is 0.439 e. The monoisotopic (exact) mass is 528 g/mol. The summed E-state index contributed by atoms with van der Waals surface area (Å²) in [6, 6.07) is 1.56. The first-order valence-electron chi connectivity index (χ1n) is 8.95. The van der Waals surface area contributed by atoms with Gasteiger partial charge in [-0.3, -0.25) is 4.90 Å². The third kappa shape index (κ3) is 4.09. The smallest absolute Gasteiger partial charge is 0.416 e. The molecule has 2 aromatic rings. The van der Waals surface area contributed by atoms with Crippen molar-refractivity contribution in [2.75, 3.05) is 0 Å². The van der Waals surface area contributed by atoms with Gasteiger partial charge in [-0.25, -0.2) is 9.78 Å². The predicted octanol–water partition coefficient (Wildman–Crippen LogP) is 6.93. The number of rotatable bonds is 2. The van der Waals surface area contributed by atoms with Crippen LogP contribution in [-0.4, -0.2) is 22.0 Å². The molecule has 0 bridgehead atoms. The van der Waals surface area contributed by atoms with E-state index in [0.717, 1.165) is 0 Å². The number of nitrogens with zero attached hydrogens (tertiary/aromatic N) is 2. The van der Waals surface area contributed by atoms with Gasteiger partial charge in [-0.2, -0.15) is 26.3 Å². The van der Waals surface area contributed by atoms with Crippen LogP contribution in [0.1, 0.15) is 47.2 Å². The Hall–Kier alpha value is -2.01. The Bertz CT molecular complexity index is 1010. The van der Waals surface area contributed by atoms with E-state index in [1.54, 1.807) is 6.07 Å². The van der Waals surface area contributed by atoms with Crippen LogP contribution in [0.2, 0.25) is 5.15 Å². The Labute approximate surface area is 185 Å². The van der Waals surface area contributed by atoms with E-state index in [9.17, 15) is 31.1 Å². The van der Waals surface area contributed by atoms with Gasteiger partial charge in [-0.15, -0.1) is 0 Å². The Morgan fingerprint density at radius 3 is 2.23 bits per heavy atom. The van der Waals surface area contributed by atoms with E-state index in [0.29, 0.717) is 35.0 Å². The maximum Gasteiger partial charge on any atom is 0.416 e. The number of hydrogen-bond acceptors (Lipinski definition) is 3. The third-order valence-corrected chi connectivity index (χ3v) is 6.24. The number of alkyl halides is 6. The normalized spacial score (nSPS) is 23.8. The van der Waals surface area contributed by atoms with Crippen molar-refractivity contribution >= 4 is 33.6 Å². The molecule has 12 heteroatoms. The van der Waals surface area contributed by atoms with Crippen LogP contribution >= 0.6 is 27.5 Å². The van der Waals surface area contributed by atoms with Crippen molar-refractivity contribution in [3.05, 3.63) is 62.3 Å². The summed E-state index contributed by atoms with van der Waals surface area (Å²) in [6.07, 6.45) is -9.86. The molecule has 0 saturated carbocycles. The van der Waals surface area contributed by atoms with Crippen molar-refractivity contribution in [1.29, 1.82) is 0 Å². The number of carbonyl (C=O) groups is 1. The van der Waals surface area contributed by atoms with Crippen molar-refractivity contribution in [2.24, 2.45) is 0 Å². The number of benzene rings is 1. The average Bonchev–Trinajstić information content (AvgIpc) is 3.23. The molecule has 3 atom stereocenters. The number of cyclic esters (lactones) is 1. The van der Waals surface area contributed by atoms with Crippen molar-refractivity contribution in [3.8, 4) is 0 Å². The maximum atomic E-state index is 13.2. The summed E-state index contributed by atoms with van der Waals surface area (Å²) in [4.78, 5) is 17.8. The fraction of sp³-hybridized carbons (Fsp3) is 0.368. The van der Waals surface area contributed by atoms with E-state index in [1.807, 2.05) is 0 Å². The first kappa shape index (κ1) is 22.2. The molecule has 0 N–H and O–H groups in total. The summed E-state index contributed by atoms with van der Waals surface area (Å²) in [5.74, 6) is 0. The second kappa shape index (κ2) is 7.54. The Balaban J connectivity index is 1.73. The van der Waals surface area contributed by atoms with Gasteiger partial charge >= 0.3 is 18.4 Å². The molecule has 2 aliphatic rings. The molecule has 166 valence electrons. The van der Waals surface area contributed by atoms with Crippen LogP contribution in [0.3, 0.4) is 0 Å². The second-order valence-corrected chi connectivity index (χ2v) is 8.48. The second-order valence-electron chi connectivity index (χ2n) is 7.24. The fourth-order valence-corrected chi connectivity index (χ4v) is 4.71. The number of amides is 1. The number of carbonyl (C=O) groups excluding carboxylic acids is 1. The molecule has 3 heterocycles. The summed E-state index contributed by atoms with van der Waals surface area (Å²) in [6.45, 7) is 0. The van der Waals surface area contributed by atoms with Crippen LogP contribution in [0.15, 0.2) is 34.9 Å². The van der Waals surface area contributed by atoms with E-state index in [-0.39, 0.29) is 16.8 Å². The maximum absolute atomic E-state index is 13.2. The van der Waals surface area contributed by atoms with E-state index in [2.05, 4.69) is 20.9 Å². The zero-order valence-electron chi connectivity index (χ0n) is 15.3. The molecule has 2 saturated heterocycles. The van der Waals surface area contributed by atoms with Crippen molar-refractivity contribution in [2.45, 2.75) is 43.4 Å². The molecule has 31 heavy (non-hydrogen) atoms. The number of fused-ring (bicyclic) bond motifs is 1. The Kier molecular flexibility index (Phi) is 5.40. The predicted molar refractivity (Wildman–Crippen MR) is 100 cm³/mol. The summed E-state index contributed by atoms with van der Waals surface area (Å²) in [7, 11) is 0. The summed E-state index contributed by atoms with van der Waals surface area (Å²) in [5.41, 5.74) is -2.63. The van der Waals surface area contributed by atoms with Gasteiger partial charge in [0.05, 0.1) is 23.2 Å². The zero-order chi connectivity index (χ0) is 22.7. The highest BCUT2D eigenvalue weighted by Crippen LogP contribution is 2.49. The zero-order valence-corrected chi connectivity index (χ0v) is 17.6. The molecule has 2 fully saturated rings. The molecule has 0 radical (unpaired) electrons. The minimum absolute atomic E-state index is 0.0472. The van der Waals surface area contributed by atoms with Crippen LogP contribution in [0.5, 0.6) is 0 Å². The molecule has 3 unspecified atom stereocenters. The van der Waals surface area contributed by atoms with E-state index >= 15 is 0 Å². The number of ether oxygens (including phenoxy) is 1. The van der Waals surface area contributed by atoms with Gasteiger partial charge in [-0.05, 0) is 64.2 Å². The quantitative estimate of drug-likeness (QED) is 0.313. The van der Waals surface area contributed by atoms with Gasteiger partial charge < -0.3 is 4.74 Å². The third-order valence-electron chi connectivity index (χ3n) is 5.37. The van der Waals surface area contributed by atoms with E-state index in [1.165, 1.54) is 11.1 Å². The topological polar surface area (TPSA) is 42.4 Å². The molecule has 2 aliphatic heterocycles. The van der Waals surface area contributed by atoms with Crippen molar-refractivity contribution < 1.29 is 35.9 Å². The van der Waals surface area contributed by atoms with Crippen LogP contribution in [0.4, 0.5) is 31.1 Å².